The van der Waals surface area contributed by atoms with Crippen LogP contribution in [0.25, 0.3) is 0 Å². The van der Waals surface area contributed by atoms with Gasteiger partial charge in [-0.1, -0.05) is 0 Å². The summed E-state index contributed by atoms with van der Waals surface area (Å²) in [6, 6.07) is 3.86. The predicted molar refractivity (Wildman–Crippen MR) is 92.8 cm³/mol. The zero-order valence-corrected chi connectivity index (χ0v) is 14.5. The highest BCUT2D eigenvalue weighted by molar-refractivity contribution is 6.08. The zero-order chi connectivity index (χ0) is 18.5. The molecule has 0 aromatic heterocycles. The highest BCUT2D eigenvalue weighted by atomic mass is 19.1. The molecule has 0 bridgehead atoms. The summed E-state index contributed by atoms with van der Waals surface area (Å²) in [5, 5.41) is 5.72. The molecule has 1 amide bonds. The maximum atomic E-state index is 13.2. The lowest BCUT2D eigenvalue weighted by atomic mass is 10.2. The van der Waals surface area contributed by atoms with E-state index in [9.17, 15) is 14.0 Å². The molecule has 9 heteroatoms. The van der Waals surface area contributed by atoms with Gasteiger partial charge in [0.15, 0.2) is 5.78 Å². The summed E-state index contributed by atoms with van der Waals surface area (Å²) < 4.78 is 23.6. The Kier molecular flexibility index (Phi) is 5.79. The number of morpholine rings is 1. The van der Waals surface area contributed by atoms with Gasteiger partial charge >= 0.3 is 0 Å². The Balaban J connectivity index is 1.61. The van der Waals surface area contributed by atoms with Crippen molar-refractivity contribution in [3.8, 4) is 5.75 Å². The Bertz CT molecular complexity index is 719. The number of carbonyl (C=O) groups is 2. The van der Waals surface area contributed by atoms with E-state index < -0.39 is 12.0 Å². The molecule has 2 N–H and O–H groups in total. The summed E-state index contributed by atoms with van der Waals surface area (Å²) in [5.74, 6) is -0.143. The summed E-state index contributed by atoms with van der Waals surface area (Å²) in [4.78, 5) is 30.6. The van der Waals surface area contributed by atoms with Crippen LogP contribution in [-0.4, -0.2) is 68.5 Å². The van der Waals surface area contributed by atoms with Crippen LogP contribution in [0.4, 0.5) is 10.1 Å². The highest BCUT2D eigenvalue weighted by Crippen LogP contribution is 2.25. The Morgan fingerprint density at radius 3 is 2.96 bits per heavy atom. The fourth-order valence-electron chi connectivity index (χ4n) is 2.90. The summed E-state index contributed by atoms with van der Waals surface area (Å²) in [5.41, 5.74) is 0.371. The van der Waals surface area contributed by atoms with Gasteiger partial charge in [0.05, 0.1) is 32.4 Å². The Morgan fingerprint density at radius 1 is 1.46 bits per heavy atom. The Morgan fingerprint density at radius 2 is 2.23 bits per heavy atom. The maximum Gasteiger partial charge on any atom is 0.232 e. The number of rotatable bonds is 5. The molecule has 26 heavy (non-hydrogen) atoms. The molecular formula is C17H21FN4O4. The molecule has 2 aliphatic rings. The first kappa shape index (κ1) is 18.3. The van der Waals surface area contributed by atoms with Gasteiger partial charge in [-0.3, -0.25) is 19.5 Å². The fourth-order valence-corrected chi connectivity index (χ4v) is 2.90. The van der Waals surface area contributed by atoms with Gasteiger partial charge in [0.1, 0.15) is 30.1 Å². The van der Waals surface area contributed by atoms with Crippen molar-refractivity contribution in [1.29, 1.82) is 0 Å². The highest BCUT2D eigenvalue weighted by Gasteiger charge is 2.31. The Hall–Kier alpha value is -2.52. The molecule has 0 saturated carbocycles. The second-order valence-electron chi connectivity index (χ2n) is 5.99. The molecule has 8 nitrogen and oxygen atoms in total. The number of anilines is 1. The number of hydrogen-bond donors (Lipinski definition) is 2. The average molecular weight is 364 g/mol. The quantitative estimate of drug-likeness (QED) is 0.785. The number of halogens is 1. The molecule has 0 aliphatic carbocycles. The van der Waals surface area contributed by atoms with Crippen LogP contribution in [0.2, 0.25) is 0 Å². The summed E-state index contributed by atoms with van der Waals surface area (Å²) in [6.07, 6.45) is -0.506. The number of carbonyl (C=O) groups excluding carboxylic acids is 2. The van der Waals surface area contributed by atoms with Crippen LogP contribution in [-0.2, 0) is 14.3 Å². The second kappa shape index (κ2) is 8.24. The van der Waals surface area contributed by atoms with Crippen LogP contribution >= 0.6 is 0 Å². The molecule has 1 saturated heterocycles. The SMILES string of the molecule is COc1cc(F)ccc1NC(=O)CC1=NCC(=O)C(N2CCOCC2)N1. The molecule has 0 spiro atoms. The lowest BCUT2D eigenvalue weighted by Crippen LogP contribution is -2.59. The number of benzene rings is 1. The van der Waals surface area contributed by atoms with Gasteiger partial charge in [-0.25, -0.2) is 4.39 Å². The largest absolute Gasteiger partial charge is 0.494 e. The number of aliphatic imine (C=N–C) groups is 1. The van der Waals surface area contributed by atoms with Crippen molar-refractivity contribution in [1.82, 2.24) is 10.2 Å². The third-order valence-corrected chi connectivity index (χ3v) is 4.21. The number of ether oxygens (including phenoxy) is 2. The van der Waals surface area contributed by atoms with Crippen LogP contribution in [0, 0.1) is 5.82 Å². The van der Waals surface area contributed by atoms with Gasteiger partial charge in [-0.05, 0) is 12.1 Å². The summed E-state index contributed by atoms with van der Waals surface area (Å²) in [7, 11) is 1.40. The van der Waals surface area contributed by atoms with Crippen molar-refractivity contribution in [2.75, 3.05) is 45.3 Å². The van der Waals surface area contributed by atoms with Crippen LogP contribution in [0.1, 0.15) is 6.42 Å². The van der Waals surface area contributed by atoms with E-state index in [0.717, 1.165) is 0 Å². The number of nitrogens with one attached hydrogen (secondary N) is 2. The van der Waals surface area contributed by atoms with Crippen LogP contribution in [0.3, 0.4) is 0 Å². The minimum Gasteiger partial charge on any atom is -0.494 e. The van der Waals surface area contributed by atoms with Crippen molar-refractivity contribution < 1.29 is 23.5 Å². The zero-order valence-electron chi connectivity index (χ0n) is 14.5. The number of amides is 1. The van der Waals surface area contributed by atoms with Gasteiger partial charge in [-0.2, -0.15) is 0 Å². The molecule has 1 atom stereocenters. The molecule has 2 heterocycles. The molecule has 3 rings (SSSR count). The molecule has 0 radical (unpaired) electrons. The van der Waals surface area contributed by atoms with E-state index in [-0.39, 0.29) is 30.4 Å². The lowest BCUT2D eigenvalue weighted by Gasteiger charge is -2.36. The van der Waals surface area contributed by atoms with Crippen LogP contribution in [0.5, 0.6) is 5.75 Å². The fraction of sp³-hybridized carbons (Fsp3) is 0.471. The smallest absolute Gasteiger partial charge is 0.232 e. The molecule has 1 unspecified atom stereocenters. The molecule has 2 aliphatic heterocycles. The van der Waals surface area contributed by atoms with E-state index in [1.54, 1.807) is 0 Å². The first-order chi connectivity index (χ1) is 12.6. The summed E-state index contributed by atoms with van der Waals surface area (Å²) >= 11 is 0. The first-order valence-electron chi connectivity index (χ1n) is 8.34. The minimum atomic E-state index is -0.487. The maximum absolute atomic E-state index is 13.2. The average Bonchev–Trinajstić information content (AvgIpc) is 2.65. The van der Waals surface area contributed by atoms with Crippen molar-refractivity contribution in [2.45, 2.75) is 12.6 Å². The van der Waals surface area contributed by atoms with Gasteiger partial charge < -0.3 is 20.1 Å². The monoisotopic (exact) mass is 364 g/mol. The van der Waals surface area contributed by atoms with Gasteiger partial charge in [0, 0.05) is 19.2 Å². The minimum absolute atomic E-state index is 0.0192. The number of hydrogen-bond acceptors (Lipinski definition) is 7. The van der Waals surface area contributed by atoms with Gasteiger partial charge in [0.25, 0.3) is 0 Å². The van der Waals surface area contributed by atoms with Gasteiger partial charge in [-0.15, -0.1) is 0 Å². The third-order valence-electron chi connectivity index (χ3n) is 4.21. The number of amidine groups is 1. The van der Waals surface area contributed by atoms with E-state index in [1.165, 1.54) is 25.3 Å². The van der Waals surface area contributed by atoms with E-state index in [2.05, 4.69) is 15.6 Å². The van der Waals surface area contributed by atoms with E-state index in [1.807, 2.05) is 4.90 Å². The van der Waals surface area contributed by atoms with Crippen molar-refractivity contribution in [2.24, 2.45) is 4.99 Å². The number of nitrogens with zero attached hydrogens (tertiary/aromatic N) is 2. The third kappa shape index (κ3) is 4.36. The number of Topliss-reactive ketones (excluding diaryl/α,β-unsaturated/α-hetero) is 1. The number of ketones is 1. The predicted octanol–water partition coefficient (Wildman–Crippen LogP) is 0.392. The molecule has 1 aromatic rings. The normalized spacial score (nSPS) is 20.9. The van der Waals surface area contributed by atoms with E-state index >= 15 is 0 Å². The van der Waals surface area contributed by atoms with Crippen LogP contribution in [0.15, 0.2) is 23.2 Å². The van der Waals surface area contributed by atoms with Crippen molar-refractivity contribution in [3.05, 3.63) is 24.0 Å². The van der Waals surface area contributed by atoms with Crippen molar-refractivity contribution >= 4 is 23.2 Å². The molecular weight excluding hydrogens is 343 g/mol. The molecule has 140 valence electrons. The van der Waals surface area contributed by atoms with E-state index in [0.29, 0.717) is 37.8 Å². The standard InChI is InChI=1S/C17H21FN4O4/c1-25-14-8-11(18)2-3-12(14)20-16(24)9-15-19-10-13(23)17(21-15)22-4-6-26-7-5-22/h2-3,8,17H,4-7,9-10H2,1H3,(H,19,21)(H,20,24). The molecule has 1 fully saturated rings. The van der Waals surface area contributed by atoms with Crippen LogP contribution < -0.4 is 15.4 Å². The van der Waals surface area contributed by atoms with Crippen molar-refractivity contribution in [3.63, 3.8) is 0 Å². The van der Waals surface area contributed by atoms with E-state index in [4.69, 9.17) is 9.47 Å². The second-order valence-corrected chi connectivity index (χ2v) is 5.99. The topological polar surface area (TPSA) is 92.3 Å². The molecule has 1 aromatic carbocycles. The first-order valence-corrected chi connectivity index (χ1v) is 8.34. The lowest BCUT2D eigenvalue weighted by molar-refractivity contribution is -0.126. The Labute approximate surface area is 150 Å². The number of methoxy groups -OCH3 is 1. The van der Waals surface area contributed by atoms with Gasteiger partial charge in [0.2, 0.25) is 5.91 Å². The summed E-state index contributed by atoms with van der Waals surface area (Å²) in [6.45, 7) is 2.48.